The first-order valence-electron chi connectivity index (χ1n) is 8.07. The van der Waals surface area contributed by atoms with Crippen LogP contribution in [-0.4, -0.2) is 0 Å². The van der Waals surface area contributed by atoms with E-state index in [2.05, 4.69) is 11.4 Å². The molecule has 4 heteroatoms. The van der Waals surface area contributed by atoms with Crippen molar-refractivity contribution in [3.8, 4) is 6.07 Å². The van der Waals surface area contributed by atoms with Crippen LogP contribution in [0.25, 0.3) is 0 Å². The van der Waals surface area contributed by atoms with Crippen molar-refractivity contribution < 1.29 is 4.39 Å². The molecule has 2 aromatic carbocycles. The van der Waals surface area contributed by atoms with Gasteiger partial charge in [0.2, 0.25) is 0 Å². The van der Waals surface area contributed by atoms with Crippen LogP contribution < -0.4 is 5.32 Å². The molecule has 1 aliphatic rings. The molecule has 0 amide bonds. The smallest absolute Gasteiger partial charge is 0.124 e. The SMILES string of the molecule is CC1=C(C)C(c2ccc(F)cc2Cl)C(C#N)=C(Cc2ccccc2)N1. The Morgan fingerprint density at radius 2 is 1.88 bits per heavy atom. The molecule has 2 nitrogen and oxygen atoms in total. The number of rotatable bonds is 3. The fraction of sp³-hybridized carbons (Fsp3) is 0.190. The van der Waals surface area contributed by atoms with Gasteiger partial charge in [-0.1, -0.05) is 48.0 Å². The van der Waals surface area contributed by atoms with Gasteiger partial charge in [-0.15, -0.1) is 0 Å². The van der Waals surface area contributed by atoms with Gasteiger partial charge in [0.15, 0.2) is 0 Å². The number of hydrogen-bond acceptors (Lipinski definition) is 2. The third-order valence-electron chi connectivity index (χ3n) is 4.59. The van der Waals surface area contributed by atoms with Gasteiger partial charge in [0.25, 0.3) is 0 Å². The third-order valence-corrected chi connectivity index (χ3v) is 4.92. The molecule has 25 heavy (non-hydrogen) atoms. The lowest BCUT2D eigenvalue weighted by molar-refractivity contribution is 0.626. The Labute approximate surface area is 152 Å². The van der Waals surface area contributed by atoms with E-state index in [4.69, 9.17) is 11.6 Å². The highest BCUT2D eigenvalue weighted by Crippen LogP contribution is 2.40. The highest BCUT2D eigenvalue weighted by atomic mass is 35.5. The molecule has 0 radical (unpaired) electrons. The van der Waals surface area contributed by atoms with Crippen molar-refractivity contribution in [2.24, 2.45) is 0 Å². The van der Waals surface area contributed by atoms with Crippen LogP contribution in [0.4, 0.5) is 4.39 Å². The van der Waals surface area contributed by atoms with Gasteiger partial charge >= 0.3 is 0 Å². The first kappa shape index (κ1) is 17.3. The number of halogens is 2. The molecular weight excluding hydrogens is 335 g/mol. The van der Waals surface area contributed by atoms with Crippen LogP contribution in [0.2, 0.25) is 5.02 Å². The average Bonchev–Trinajstić information content (AvgIpc) is 2.59. The lowest BCUT2D eigenvalue weighted by Crippen LogP contribution is -2.25. The van der Waals surface area contributed by atoms with Crippen LogP contribution in [0, 0.1) is 17.1 Å². The molecule has 0 saturated heterocycles. The van der Waals surface area contributed by atoms with E-state index in [1.165, 1.54) is 12.1 Å². The first-order chi connectivity index (χ1) is 12.0. The zero-order valence-corrected chi connectivity index (χ0v) is 14.9. The molecule has 1 atom stereocenters. The maximum absolute atomic E-state index is 13.4. The quantitative estimate of drug-likeness (QED) is 0.793. The highest BCUT2D eigenvalue weighted by molar-refractivity contribution is 6.31. The largest absolute Gasteiger partial charge is 0.361 e. The monoisotopic (exact) mass is 352 g/mol. The van der Waals surface area contributed by atoms with Gasteiger partial charge in [-0.3, -0.25) is 0 Å². The maximum Gasteiger partial charge on any atom is 0.124 e. The van der Waals surface area contributed by atoms with Crippen LogP contribution in [0.15, 0.2) is 71.1 Å². The van der Waals surface area contributed by atoms with Crippen LogP contribution in [-0.2, 0) is 6.42 Å². The van der Waals surface area contributed by atoms with Crippen molar-refractivity contribution in [3.63, 3.8) is 0 Å². The number of allylic oxidation sites excluding steroid dienone is 4. The van der Waals surface area contributed by atoms with E-state index >= 15 is 0 Å². The Balaban J connectivity index is 2.10. The summed E-state index contributed by atoms with van der Waals surface area (Å²) in [5.74, 6) is -0.647. The topological polar surface area (TPSA) is 35.8 Å². The molecule has 0 spiro atoms. The van der Waals surface area contributed by atoms with Gasteiger partial charge in [0.1, 0.15) is 5.82 Å². The molecule has 3 rings (SSSR count). The Hall–Kier alpha value is -2.57. The van der Waals surface area contributed by atoms with Crippen molar-refractivity contribution in [1.82, 2.24) is 5.32 Å². The minimum Gasteiger partial charge on any atom is -0.361 e. The summed E-state index contributed by atoms with van der Waals surface area (Å²) >= 11 is 6.29. The van der Waals surface area contributed by atoms with Gasteiger partial charge in [-0.05, 0) is 42.7 Å². The van der Waals surface area contributed by atoms with E-state index in [0.717, 1.165) is 28.1 Å². The van der Waals surface area contributed by atoms with Gasteiger partial charge in [0.05, 0.1) is 11.6 Å². The third kappa shape index (κ3) is 3.45. The summed E-state index contributed by atoms with van der Waals surface area (Å²) in [6, 6.07) is 16.7. The minimum atomic E-state index is -0.381. The van der Waals surface area contributed by atoms with Crippen LogP contribution in [0.5, 0.6) is 0 Å². The molecule has 0 aliphatic carbocycles. The number of nitriles is 1. The summed E-state index contributed by atoms with van der Waals surface area (Å²) in [6.45, 7) is 3.96. The Morgan fingerprint density at radius 3 is 2.52 bits per heavy atom. The van der Waals surface area contributed by atoms with E-state index in [1.54, 1.807) is 6.07 Å². The number of nitrogens with one attached hydrogen (secondary N) is 1. The van der Waals surface area contributed by atoms with Crippen molar-refractivity contribution in [2.75, 3.05) is 0 Å². The minimum absolute atomic E-state index is 0.266. The molecule has 0 saturated carbocycles. The van der Waals surface area contributed by atoms with E-state index < -0.39 is 0 Å². The van der Waals surface area contributed by atoms with Gasteiger partial charge in [-0.25, -0.2) is 4.39 Å². The molecule has 1 heterocycles. The summed E-state index contributed by atoms with van der Waals surface area (Å²) in [6.07, 6.45) is 0.629. The van der Waals surface area contributed by atoms with Gasteiger partial charge in [-0.2, -0.15) is 5.26 Å². The van der Waals surface area contributed by atoms with E-state index in [0.29, 0.717) is 17.0 Å². The molecule has 1 aliphatic heterocycles. The maximum atomic E-state index is 13.4. The van der Waals surface area contributed by atoms with E-state index in [-0.39, 0.29) is 11.7 Å². The Kier molecular flexibility index (Phi) is 4.92. The molecule has 0 aromatic heterocycles. The molecule has 1 unspecified atom stereocenters. The van der Waals surface area contributed by atoms with Gasteiger partial charge < -0.3 is 5.32 Å². The molecule has 0 bridgehead atoms. The van der Waals surface area contributed by atoms with Crippen LogP contribution in [0.1, 0.15) is 30.9 Å². The normalized spacial score (nSPS) is 17.3. The van der Waals surface area contributed by atoms with E-state index in [9.17, 15) is 9.65 Å². The summed E-state index contributed by atoms with van der Waals surface area (Å²) in [5, 5.41) is 13.5. The lowest BCUT2D eigenvalue weighted by atomic mass is 9.81. The van der Waals surface area contributed by atoms with Crippen molar-refractivity contribution in [2.45, 2.75) is 26.2 Å². The summed E-state index contributed by atoms with van der Waals surface area (Å²) in [7, 11) is 0. The molecule has 126 valence electrons. The standard InChI is InChI=1S/C21H18ClFN2/c1-13-14(2)25-20(10-15-6-4-3-5-7-15)18(12-24)21(13)17-9-8-16(23)11-19(17)22/h3-9,11,21,25H,10H2,1-2H3. The second-order valence-electron chi connectivity index (χ2n) is 6.20. The summed E-state index contributed by atoms with van der Waals surface area (Å²) in [4.78, 5) is 0. The molecule has 2 aromatic rings. The summed E-state index contributed by atoms with van der Waals surface area (Å²) < 4.78 is 13.4. The number of nitrogens with zero attached hydrogens (tertiary/aromatic N) is 1. The zero-order valence-electron chi connectivity index (χ0n) is 14.1. The first-order valence-corrected chi connectivity index (χ1v) is 8.45. The fourth-order valence-corrected chi connectivity index (χ4v) is 3.47. The molecule has 0 fully saturated rings. The number of benzene rings is 2. The predicted octanol–water partition coefficient (Wildman–Crippen LogP) is 5.48. The number of dihydropyridines is 1. The number of hydrogen-bond donors (Lipinski definition) is 1. The van der Waals surface area contributed by atoms with Gasteiger partial charge in [0, 0.05) is 28.8 Å². The lowest BCUT2D eigenvalue weighted by Gasteiger charge is -2.30. The Bertz CT molecular complexity index is 907. The van der Waals surface area contributed by atoms with E-state index in [1.807, 2.05) is 44.2 Å². The van der Waals surface area contributed by atoms with Crippen molar-refractivity contribution in [3.05, 3.63) is 93.0 Å². The van der Waals surface area contributed by atoms with Crippen LogP contribution in [0.3, 0.4) is 0 Å². The second kappa shape index (κ2) is 7.13. The molecular formula is C21H18ClFN2. The van der Waals surface area contributed by atoms with Crippen molar-refractivity contribution in [1.29, 1.82) is 5.26 Å². The Morgan fingerprint density at radius 1 is 1.16 bits per heavy atom. The highest BCUT2D eigenvalue weighted by Gasteiger charge is 2.29. The summed E-state index contributed by atoms with van der Waals surface area (Å²) in [5.41, 5.74) is 5.37. The fourth-order valence-electron chi connectivity index (χ4n) is 3.20. The average molecular weight is 353 g/mol. The molecule has 1 N–H and O–H groups in total. The predicted molar refractivity (Wildman–Crippen MR) is 98.4 cm³/mol. The van der Waals surface area contributed by atoms with Crippen LogP contribution >= 0.6 is 11.6 Å². The second-order valence-corrected chi connectivity index (χ2v) is 6.61. The zero-order chi connectivity index (χ0) is 18.0. The van der Waals surface area contributed by atoms with Crippen molar-refractivity contribution >= 4 is 11.6 Å².